The van der Waals surface area contributed by atoms with E-state index in [4.69, 9.17) is 42.6 Å². The molecule has 4 rings (SSSR count). The first-order chi connectivity index (χ1) is 30.1. The second-order valence-corrected chi connectivity index (χ2v) is 18.7. The lowest BCUT2D eigenvalue weighted by atomic mass is 9.79. The molecule has 18 heteroatoms. The number of aldehydes is 1. The zero-order valence-electron chi connectivity index (χ0n) is 39.7. The molecule has 3 fully saturated rings. The van der Waals surface area contributed by atoms with Crippen molar-refractivity contribution in [2.24, 2.45) is 23.7 Å². The van der Waals surface area contributed by atoms with E-state index in [-0.39, 0.29) is 31.7 Å². The van der Waals surface area contributed by atoms with Crippen LogP contribution in [0.5, 0.6) is 0 Å². The summed E-state index contributed by atoms with van der Waals surface area (Å²) in [5.74, 6) is -3.59. The topological polar surface area (TPSA) is 239 Å². The van der Waals surface area contributed by atoms with Gasteiger partial charge in [-0.25, -0.2) is 0 Å². The first-order valence-corrected chi connectivity index (χ1v) is 22.7. The maximum Gasteiger partial charge on any atom is 0.308 e. The van der Waals surface area contributed by atoms with E-state index in [0.717, 1.165) is 6.29 Å². The lowest BCUT2D eigenvalue weighted by Gasteiger charge is -2.50. The van der Waals surface area contributed by atoms with Gasteiger partial charge in [0.05, 0.1) is 55.2 Å². The quantitative estimate of drug-likeness (QED) is 0.131. The number of likely N-dealkylation sites (N-methyl/N-ethyl adjacent to an activating group) is 1. The number of cyclic esters (lactones) is 1. The van der Waals surface area contributed by atoms with Crippen molar-refractivity contribution in [2.45, 2.75) is 191 Å². The molecule has 368 valence electrons. The molecule has 3 saturated heterocycles. The zero-order valence-corrected chi connectivity index (χ0v) is 39.7. The molecule has 0 bridgehead atoms. The van der Waals surface area contributed by atoms with Crippen LogP contribution in [0.25, 0.3) is 0 Å². The third-order valence-corrected chi connectivity index (χ3v) is 13.4. The van der Waals surface area contributed by atoms with Crippen LogP contribution in [-0.2, 0) is 57.0 Å². The molecule has 64 heavy (non-hydrogen) atoms. The van der Waals surface area contributed by atoms with Gasteiger partial charge in [0.1, 0.15) is 49.0 Å². The lowest BCUT2D eigenvalue weighted by molar-refractivity contribution is -0.341. The molecule has 4 aliphatic rings. The Kier molecular flexibility index (Phi) is 20.5. The van der Waals surface area contributed by atoms with Gasteiger partial charge in [-0.3, -0.25) is 9.59 Å². The fraction of sp³-hybridized carbons (Fsp3) is 0.848. The van der Waals surface area contributed by atoms with Gasteiger partial charge in [0.15, 0.2) is 24.7 Å². The van der Waals surface area contributed by atoms with Crippen molar-refractivity contribution in [1.82, 2.24) is 4.90 Å². The molecule has 4 heterocycles. The smallest absolute Gasteiger partial charge is 0.308 e. The second kappa shape index (κ2) is 24.1. The van der Waals surface area contributed by atoms with E-state index < -0.39 is 140 Å². The van der Waals surface area contributed by atoms with E-state index in [1.165, 1.54) is 27.2 Å². The molecule has 0 amide bonds. The molecule has 0 spiro atoms. The van der Waals surface area contributed by atoms with Crippen molar-refractivity contribution in [1.29, 1.82) is 0 Å². The normalized spacial score (nSPS) is 45.9. The number of aliphatic hydroxyl groups excluding tert-OH is 4. The minimum atomic E-state index is -1.49. The number of carbonyl (C=O) groups is 3. The Bertz CT molecular complexity index is 1560. The lowest BCUT2D eigenvalue weighted by Crippen LogP contribution is -2.65. The van der Waals surface area contributed by atoms with Crippen LogP contribution < -0.4 is 0 Å². The van der Waals surface area contributed by atoms with Crippen LogP contribution in [0, 0.1) is 23.7 Å². The highest BCUT2D eigenvalue weighted by Gasteiger charge is 2.52. The Morgan fingerprint density at radius 2 is 1.52 bits per heavy atom. The molecule has 0 aromatic heterocycles. The molecule has 0 aromatic carbocycles. The van der Waals surface area contributed by atoms with Crippen LogP contribution in [0.4, 0.5) is 0 Å². The highest BCUT2D eigenvalue weighted by atomic mass is 16.7. The number of hydrogen-bond acceptors (Lipinski definition) is 18. The molecule has 5 N–H and O–H groups in total. The standard InChI is InChI=1S/C46H77NO17/c1-13-33-30(22-58-45-42(57-12)41(56-11)37(52)26(5)60-45)18-23(2)14-15-31(49)24(3)19-29(16-17-48)39(25(4)32(50)20-34(51)62-33)64-44-38(53)36(47(9)10)40(27(6)61-44)63-35-21-46(8,55)43(54)28(7)59-35/h14-15,17-18,24-30,32-33,35-45,50,52-55H,13,16,19-22H2,1-12H3/b15-14+,23-18+/t24-,25+,26-,27-,28+,29+,30-,32-,33+,35+,36-,37-,38-,39-,40-,41-,42-,43+,44+,45-,46-/m1/s1. The van der Waals surface area contributed by atoms with E-state index in [2.05, 4.69) is 0 Å². The highest BCUT2D eigenvalue weighted by molar-refractivity contribution is 5.91. The molecule has 0 saturated carbocycles. The number of allylic oxidation sites excluding steroid dienone is 3. The second-order valence-electron chi connectivity index (χ2n) is 18.7. The van der Waals surface area contributed by atoms with Gasteiger partial charge in [0.25, 0.3) is 0 Å². The van der Waals surface area contributed by atoms with E-state index in [0.29, 0.717) is 12.0 Å². The van der Waals surface area contributed by atoms with Crippen LogP contribution in [-0.4, -0.2) is 187 Å². The molecule has 4 aliphatic heterocycles. The minimum absolute atomic E-state index is 0.00788. The van der Waals surface area contributed by atoms with E-state index in [1.54, 1.807) is 59.7 Å². The summed E-state index contributed by atoms with van der Waals surface area (Å²) in [7, 11) is 6.43. The number of hydrogen-bond donors (Lipinski definition) is 5. The number of rotatable bonds is 13. The van der Waals surface area contributed by atoms with Crippen LogP contribution >= 0.6 is 0 Å². The summed E-state index contributed by atoms with van der Waals surface area (Å²) in [5, 5.41) is 55.8. The predicted octanol–water partition coefficient (Wildman–Crippen LogP) is 1.83. The Morgan fingerprint density at radius 3 is 2.11 bits per heavy atom. The summed E-state index contributed by atoms with van der Waals surface area (Å²) in [5.41, 5.74) is -0.806. The summed E-state index contributed by atoms with van der Waals surface area (Å²) >= 11 is 0. The fourth-order valence-electron chi connectivity index (χ4n) is 9.51. The molecule has 0 aromatic rings. The summed E-state index contributed by atoms with van der Waals surface area (Å²) in [6.45, 7) is 13.6. The monoisotopic (exact) mass is 916 g/mol. The van der Waals surface area contributed by atoms with Gasteiger partial charge in [-0.05, 0) is 73.5 Å². The van der Waals surface area contributed by atoms with Crippen LogP contribution in [0.1, 0.15) is 87.5 Å². The Morgan fingerprint density at radius 1 is 0.859 bits per heavy atom. The van der Waals surface area contributed by atoms with Crippen LogP contribution in [0.2, 0.25) is 0 Å². The van der Waals surface area contributed by atoms with Gasteiger partial charge in [0, 0.05) is 44.8 Å². The first kappa shape index (κ1) is 54.3. The first-order valence-electron chi connectivity index (χ1n) is 22.7. The molecule has 0 unspecified atom stereocenters. The van der Waals surface area contributed by atoms with Gasteiger partial charge in [-0.2, -0.15) is 0 Å². The van der Waals surface area contributed by atoms with Crippen molar-refractivity contribution in [3.8, 4) is 0 Å². The maximum absolute atomic E-state index is 13.8. The Hall–Kier alpha value is -2.27. The molecule has 0 aliphatic carbocycles. The van der Waals surface area contributed by atoms with Crippen molar-refractivity contribution in [3.05, 3.63) is 23.8 Å². The number of ketones is 1. The van der Waals surface area contributed by atoms with E-state index in [9.17, 15) is 39.9 Å². The van der Waals surface area contributed by atoms with Crippen molar-refractivity contribution >= 4 is 18.0 Å². The number of ether oxygens (including phenoxy) is 9. The maximum atomic E-state index is 13.8. The number of nitrogens with zero attached hydrogens (tertiary/aromatic N) is 1. The van der Waals surface area contributed by atoms with Crippen molar-refractivity contribution in [3.63, 3.8) is 0 Å². The number of aliphatic hydroxyl groups is 5. The van der Waals surface area contributed by atoms with Gasteiger partial charge >= 0.3 is 5.97 Å². The summed E-state index contributed by atoms with van der Waals surface area (Å²) in [6.07, 6.45) is -8.49. The van der Waals surface area contributed by atoms with E-state index in [1.807, 2.05) is 19.9 Å². The average molecular weight is 916 g/mol. The van der Waals surface area contributed by atoms with Gasteiger partial charge in [-0.1, -0.05) is 38.5 Å². The van der Waals surface area contributed by atoms with E-state index >= 15 is 0 Å². The minimum Gasteiger partial charge on any atom is -0.462 e. The average Bonchev–Trinajstić information content (AvgIpc) is 3.23. The largest absolute Gasteiger partial charge is 0.462 e. The van der Waals surface area contributed by atoms with Gasteiger partial charge in [0.2, 0.25) is 0 Å². The summed E-state index contributed by atoms with van der Waals surface area (Å²) < 4.78 is 54.7. The Balaban J connectivity index is 1.62. The Labute approximate surface area is 378 Å². The number of methoxy groups -OCH3 is 2. The predicted molar refractivity (Wildman–Crippen MR) is 230 cm³/mol. The van der Waals surface area contributed by atoms with Crippen molar-refractivity contribution in [2.75, 3.05) is 34.9 Å². The van der Waals surface area contributed by atoms with Crippen LogP contribution in [0.15, 0.2) is 23.8 Å². The molecule has 18 nitrogen and oxygen atoms in total. The third-order valence-electron chi connectivity index (χ3n) is 13.4. The highest BCUT2D eigenvalue weighted by Crippen LogP contribution is 2.37. The number of carbonyl (C=O) groups excluding carboxylic acids is 3. The number of esters is 1. The SMILES string of the molecule is CC[C@@H]1OC(=O)C[C@@H](O)[C@H](C)[C@@H](O[C@@H]2O[C@H](C)[C@@H](O[C@H]3C[C@@](C)(O)[C@@H](O)[C@H](C)O3)[C@H](N(C)C)[C@H]2O)[C@@H](CC=O)C[C@@H](C)C(=O)/C=C/C(C)=C/[C@@H]1CO[C@@H]1O[C@H](C)[C@@H](O)[C@@H](OC)[C@H]1OC. The summed E-state index contributed by atoms with van der Waals surface area (Å²) in [4.78, 5) is 41.5. The fourth-order valence-corrected chi connectivity index (χ4v) is 9.51. The summed E-state index contributed by atoms with van der Waals surface area (Å²) in [6, 6.07) is -0.748. The molecule has 21 atom stereocenters. The van der Waals surface area contributed by atoms with Crippen molar-refractivity contribution < 1.29 is 82.5 Å². The zero-order chi connectivity index (χ0) is 47.8. The van der Waals surface area contributed by atoms with Gasteiger partial charge < -0.3 is 77.9 Å². The van der Waals surface area contributed by atoms with Gasteiger partial charge in [-0.15, -0.1) is 0 Å². The molecule has 0 radical (unpaired) electrons. The van der Waals surface area contributed by atoms with Crippen LogP contribution in [0.3, 0.4) is 0 Å². The molecular formula is C46H77NO17. The molecular weight excluding hydrogens is 838 g/mol. The third kappa shape index (κ3) is 13.5.